The van der Waals surface area contributed by atoms with Gasteiger partial charge in [0.15, 0.2) is 0 Å². The summed E-state index contributed by atoms with van der Waals surface area (Å²) in [7, 11) is 3.98. The molecule has 1 fully saturated rings. The van der Waals surface area contributed by atoms with E-state index in [0.717, 1.165) is 18.4 Å². The van der Waals surface area contributed by atoms with E-state index >= 15 is 0 Å². The molecule has 10 nitrogen and oxygen atoms in total. The molecule has 2 aromatic carbocycles. The van der Waals surface area contributed by atoms with Crippen molar-refractivity contribution in [3.63, 3.8) is 0 Å². The number of nitrogens with one attached hydrogen (secondary N) is 3. The standard InChI is InChI=1S/C29H37N5O5/c1-20(26(36)30-19-25(35)29(39)34-16-14-23(15-17-34)33(2)3)31-28(38)24(18-21-10-6-4-7-11-21)32-27(37)22-12-8-5-9-13-22/h4-13,20,23-24H,14-19H2,1-3H3,(H,30,36)(H,31,38)(H,32,37). The van der Waals surface area contributed by atoms with Crippen LogP contribution in [0, 0.1) is 0 Å². The Morgan fingerprint density at radius 1 is 0.872 bits per heavy atom. The average Bonchev–Trinajstić information content (AvgIpc) is 2.95. The quantitative estimate of drug-likeness (QED) is 0.365. The summed E-state index contributed by atoms with van der Waals surface area (Å²) in [5, 5.41) is 7.80. The predicted molar refractivity (Wildman–Crippen MR) is 147 cm³/mol. The fourth-order valence-electron chi connectivity index (χ4n) is 4.43. The number of Topliss-reactive ketones (excluding diaryl/α,β-unsaturated/α-hetero) is 1. The molecule has 1 saturated heterocycles. The van der Waals surface area contributed by atoms with Crippen molar-refractivity contribution >= 4 is 29.4 Å². The normalized spacial score (nSPS) is 15.2. The second-order valence-corrected chi connectivity index (χ2v) is 9.94. The number of rotatable bonds is 11. The summed E-state index contributed by atoms with van der Waals surface area (Å²) in [4.78, 5) is 67.1. The summed E-state index contributed by atoms with van der Waals surface area (Å²) in [6.45, 7) is 2.00. The van der Waals surface area contributed by atoms with E-state index < -0.39 is 48.0 Å². The number of amides is 4. The zero-order chi connectivity index (χ0) is 28.4. The fraction of sp³-hybridized carbons (Fsp3) is 0.414. The van der Waals surface area contributed by atoms with Gasteiger partial charge in [0.05, 0.1) is 6.54 Å². The summed E-state index contributed by atoms with van der Waals surface area (Å²) < 4.78 is 0. The first kappa shape index (κ1) is 29.5. The molecule has 3 N–H and O–H groups in total. The lowest BCUT2D eigenvalue weighted by atomic mass is 10.0. The van der Waals surface area contributed by atoms with E-state index in [-0.39, 0.29) is 6.42 Å². The van der Waals surface area contributed by atoms with Crippen molar-refractivity contribution in [1.29, 1.82) is 0 Å². The monoisotopic (exact) mass is 535 g/mol. The van der Waals surface area contributed by atoms with E-state index in [0.29, 0.717) is 24.7 Å². The Morgan fingerprint density at radius 3 is 2.05 bits per heavy atom. The first-order chi connectivity index (χ1) is 18.7. The second kappa shape index (κ2) is 14.2. The molecule has 0 saturated carbocycles. The molecule has 3 rings (SSSR count). The Hall–Kier alpha value is -4.05. The van der Waals surface area contributed by atoms with Crippen LogP contribution in [0.3, 0.4) is 0 Å². The van der Waals surface area contributed by atoms with Crippen LogP contribution in [0.1, 0.15) is 35.7 Å². The predicted octanol–water partition coefficient (Wildman–Crippen LogP) is 0.770. The van der Waals surface area contributed by atoms with Crippen LogP contribution in [0.4, 0.5) is 0 Å². The molecule has 2 unspecified atom stereocenters. The van der Waals surface area contributed by atoms with Gasteiger partial charge >= 0.3 is 0 Å². The van der Waals surface area contributed by atoms with Gasteiger partial charge in [-0.25, -0.2) is 0 Å². The Labute approximate surface area is 229 Å². The van der Waals surface area contributed by atoms with Gasteiger partial charge in [-0.2, -0.15) is 0 Å². The van der Waals surface area contributed by atoms with Crippen molar-refractivity contribution in [3.05, 3.63) is 71.8 Å². The molecule has 0 spiro atoms. The summed E-state index contributed by atoms with van der Waals surface area (Å²) in [6.07, 6.45) is 1.79. The first-order valence-electron chi connectivity index (χ1n) is 13.1. The highest BCUT2D eigenvalue weighted by atomic mass is 16.2. The zero-order valence-electron chi connectivity index (χ0n) is 22.7. The van der Waals surface area contributed by atoms with Crippen LogP contribution in [-0.4, -0.2) is 91.1 Å². The molecule has 2 aromatic rings. The number of carbonyl (C=O) groups excluding carboxylic acids is 5. The molecule has 2 atom stereocenters. The first-order valence-corrected chi connectivity index (χ1v) is 13.1. The summed E-state index contributed by atoms with van der Waals surface area (Å²) in [5.41, 5.74) is 1.24. The maximum absolute atomic E-state index is 13.1. The topological polar surface area (TPSA) is 128 Å². The molecular formula is C29H37N5O5. The van der Waals surface area contributed by atoms with E-state index in [9.17, 15) is 24.0 Å². The van der Waals surface area contributed by atoms with Gasteiger partial charge in [-0.1, -0.05) is 48.5 Å². The highest BCUT2D eigenvalue weighted by molar-refractivity contribution is 6.37. The average molecular weight is 536 g/mol. The van der Waals surface area contributed by atoms with Gasteiger partial charge in [0.1, 0.15) is 12.1 Å². The number of carbonyl (C=O) groups is 5. The molecule has 4 amide bonds. The lowest BCUT2D eigenvalue weighted by Gasteiger charge is -2.34. The van der Waals surface area contributed by atoms with E-state index in [2.05, 4.69) is 20.9 Å². The molecule has 0 aromatic heterocycles. The third-order valence-corrected chi connectivity index (χ3v) is 6.84. The number of hydrogen-bond acceptors (Lipinski definition) is 6. The molecule has 1 aliphatic rings. The molecule has 0 radical (unpaired) electrons. The van der Waals surface area contributed by atoms with Crippen molar-refractivity contribution in [2.24, 2.45) is 0 Å². The van der Waals surface area contributed by atoms with Crippen LogP contribution in [0.5, 0.6) is 0 Å². The summed E-state index contributed by atoms with van der Waals surface area (Å²) >= 11 is 0. The number of likely N-dealkylation sites (tertiary alicyclic amines) is 1. The lowest BCUT2D eigenvalue weighted by molar-refractivity contribution is -0.145. The van der Waals surface area contributed by atoms with Crippen molar-refractivity contribution in [2.45, 2.75) is 44.3 Å². The summed E-state index contributed by atoms with van der Waals surface area (Å²) in [6, 6.07) is 16.2. The molecule has 0 aliphatic carbocycles. The number of ketones is 1. The van der Waals surface area contributed by atoms with Crippen LogP contribution in [0.2, 0.25) is 0 Å². The van der Waals surface area contributed by atoms with Gasteiger partial charge in [0.25, 0.3) is 11.8 Å². The minimum Gasteiger partial charge on any atom is -0.347 e. The number of nitrogens with zero attached hydrogens (tertiary/aromatic N) is 2. The smallest absolute Gasteiger partial charge is 0.291 e. The van der Waals surface area contributed by atoms with E-state index in [1.165, 1.54) is 11.8 Å². The zero-order valence-corrected chi connectivity index (χ0v) is 22.7. The van der Waals surface area contributed by atoms with Crippen molar-refractivity contribution in [1.82, 2.24) is 25.8 Å². The van der Waals surface area contributed by atoms with Crippen LogP contribution in [0.15, 0.2) is 60.7 Å². The Kier molecular flexibility index (Phi) is 10.7. The van der Waals surface area contributed by atoms with Crippen molar-refractivity contribution < 1.29 is 24.0 Å². The SMILES string of the molecule is CC(NC(=O)C(Cc1ccccc1)NC(=O)c1ccccc1)C(=O)NCC(=O)C(=O)N1CCC(N(C)C)CC1. The molecule has 10 heteroatoms. The van der Waals surface area contributed by atoms with Gasteiger partial charge in [-0.15, -0.1) is 0 Å². The van der Waals surface area contributed by atoms with Crippen LogP contribution in [-0.2, 0) is 25.6 Å². The number of piperidine rings is 1. The van der Waals surface area contributed by atoms with Crippen LogP contribution >= 0.6 is 0 Å². The van der Waals surface area contributed by atoms with Gasteiger partial charge in [-0.05, 0) is 51.6 Å². The van der Waals surface area contributed by atoms with Crippen molar-refractivity contribution in [2.75, 3.05) is 33.7 Å². The number of hydrogen-bond donors (Lipinski definition) is 3. The minimum absolute atomic E-state index is 0.219. The fourth-order valence-corrected chi connectivity index (χ4v) is 4.43. The molecule has 1 aliphatic heterocycles. The largest absolute Gasteiger partial charge is 0.347 e. The Bertz CT molecular complexity index is 1150. The minimum atomic E-state index is -0.997. The van der Waals surface area contributed by atoms with Gasteiger partial charge in [0, 0.05) is 31.1 Å². The van der Waals surface area contributed by atoms with Gasteiger partial charge < -0.3 is 25.8 Å². The van der Waals surface area contributed by atoms with Crippen LogP contribution < -0.4 is 16.0 Å². The van der Waals surface area contributed by atoms with Crippen molar-refractivity contribution in [3.8, 4) is 0 Å². The second-order valence-electron chi connectivity index (χ2n) is 9.94. The molecule has 39 heavy (non-hydrogen) atoms. The molecule has 208 valence electrons. The lowest BCUT2D eigenvalue weighted by Crippen LogP contribution is -2.54. The van der Waals surface area contributed by atoms with Crippen LogP contribution in [0.25, 0.3) is 0 Å². The van der Waals surface area contributed by atoms with E-state index in [1.54, 1.807) is 30.3 Å². The maximum atomic E-state index is 13.1. The number of benzene rings is 2. The highest BCUT2D eigenvalue weighted by Crippen LogP contribution is 2.14. The van der Waals surface area contributed by atoms with E-state index in [4.69, 9.17) is 0 Å². The summed E-state index contributed by atoms with van der Waals surface area (Å²) in [5.74, 6) is -2.89. The molecule has 0 bridgehead atoms. The van der Waals surface area contributed by atoms with Gasteiger partial charge in [-0.3, -0.25) is 24.0 Å². The third kappa shape index (κ3) is 8.75. The Morgan fingerprint density at radius 2 is 1.46 bits per heavy atom. The molecule has 1 heterocycles. The molecular weight excluding hydrogens is 498 g/mol. The Balaban J connectivity index is 1.54. The third-order valence-electron chi connectivity index (χ3n) is 6.84. The van der Waals surface area contributed by atoms with E-state index in [1.807, 2.05) is 44.4 Å². The highest BCUT2D eigenvalue weighted by Gasteiger charge is 2.29. The van der Waals surface area contributed by atoms with Gasteiger partial charge in [0.2, 0.25) is 17.6 Å². The maximum Gasteiger partial charge on any atom is 0.291 e.